The van der Waals surface area contributed by atoms with Gasteiger partial charge in [0.1, 0.15) is 5.75 Å². The lowest BCUT2D eigenvalue weighted by Gasteiger charge is -2.16. The summed E-state index contributed by atoms with van der Waals surface area (Å²) < 4.78 is 6.53. The van der Waals surface area contributed by atoms with E-state index in [-0.39, 0.29) is 12.6 Å². The van der Waals surface area contributed by atoms with Crippen LogP contribution in [-0.2, 0) is 4.79 Å². The van der Waals surface area contributed by atoms with Crippen LogP contribution in [0.2, 0.25) is 0 Å². The Morgan fingerprint density at radius 2 is 2.29 bits per heavy atom. The molecule has 0 saturated heterocycles. The minimum Gasteiger partial charge on any atom is -0.490 e. The summed E-state index contributed by atoms with van der Waals surface area (Å²) in [6, 6.07) is 5.41. The van der Waals surface area contributed by atoms with Crippen LogP contribution in [0.4, 0.5) is 0 Å². The van der Waals surface area contributed by atoms with Gasteiger partial charge in [-0.1, -0.05) is 15.9 Å². The Bertz CT molecular complexity index is 432. The molecule has 0 heterocycles. The molecule has 1 aliphatic rings. The van der Waals surface area contributed by atoms with E-state index >= 15 is 0 Å². The van der Waals surface area contributed by atoms with Gasteiger partial charge in [-0.3, -0.25) is 4.79 Å². The van der Waals surface area contributed by atoms with Gasteiger partial charge in [-0.05, 0) is 31.0 Å². The Kier molecular flexibility index (Phi) is 3.69. The van der Waals surface area contributed by atoms with Crippen molar-refractivity contribution in [2.45, 2.75) is 24.9 Å². The predicted octanol–water partition coefficient (Wildman–Crippen LogP) is 2.12. The van der Waals surface area contributed by atoms with Crippen molar-refractivity contribution >= 4 is 21.9 Å². The number of benzene rings is 1. The molecule has 4 nitrogen and oxygen atoms in total. The first-order chi connectivity index (χ1) is 8.11. The molecule has 1 aromatic carbocycles. The maximum absolute atomic E-state index is 11.1. The lowest BCUT2D eigenvalue weighted by Crippen LogP contribution is -2.22. The lowest BCUT2D eigenvalue weighted by molar-refractivity contribution is -0.138. The number of carboxylic acids is 1. The fourth-order valence-electron chi connectivity index (χ4n) is 1.63. The molecule has 1 saturated carbocycles. The SMILES string of the molecule is NCC(C(=O)O)c1cc(Br)ccc1OC1CC1. The molecule has 17 heavy (non-hydrogen) atoms. The Labute approximate surface area is 108 Å². The first-order valence-corrected chi connectivity index (χ1v) is 6.30. The molecule has 1 aliphatic carbocycles. The fourth-order valence-corrected chi connectivity index (χ4v) is 2.00. The molecular formula is C12H14BrNO3. The Morgan fingerprint density at radius 1 is 1.59 bits per heavy atom. The van der Waals surface area contributed by atoms with Crippen LogP contribution in [0.15, 0.2) is 22.7 Å². The van der Waals surface area contributed by atoms with Crippen LogP contribution in [0.25, 0.3) is 0 Å². The number of rotatable bonds is 5. The molecule has 0 spiro atoms. The predicted molar refractivity (Wildman–Crippen MR) is 67.2 cm³/mol. The second kappa shape index (κ2) is 5.06. The zero-order chi connectivity index (χ0) is 12.4. The summed E-state index contributed by atoms with van der Waals surface area (Å²) in [4.78, 5) is 11.1. The normalized spacial score (nSPS) is 16.6. The molecule has 1 unspecified atom stereocenters. The number of hydrogen-bond acceptors (Lipinski definition) is 3. The first kappa shape index (κ1) is 12.4. The molecule has 92 valence electrons. The molecule has 2 rings (SSSR count). The molecule has 1 fully saturated rings. The zero-order valence-corrected chi connectivity index (χ0v) is 10.8. The highest BCUT2D eigenvalue weighted by Gasteiger charge is 2.28. The van der Waals surface area contributed by atoms with E-state index in [1.54, 1.807) is 12.1 Å². The van der Waals surface area contributed by atoms with Crippen molar-refractivity contribution in [1.82, 2.24) is 0 Å². The smallest absolute Gasteiger partial charge is 0.312 e. The van der Waals surface area contributed by atoms with Gasteiger partial charge in [0.2, 0.25) is 0 Å². The van der Waals surface area contributed by atoms with Crippen LogP contribution in [-0.4, -0.2) is 23.7 Å². The highest BCUT2D eigenvalue weighted by molar-refractivity contribution is 9.10. The Hall–Kier alpha value is -1.07. The molecule has 0 aliphatic heterocycles. The number of ether oxygens (including phenoxy) is 1. The van der Waals surface area contributed by atoms with Crippen LogP contribution in [0.5, 0.6) is 5.75 Å². The summed E-state index contributed by atoms with van der Waals surface area (Å²) in [5.41, 5.74) is 6.16. The van der Waals surface area contributed by atoms with Gasteiger partial charge < -0.3 is 15.6 Å². The van der Waals surface area contributed by atoms with Crippen LogP contribution >= 0.6 is 15.9 Å². The summed E-state index contributed by atoms with van der Waals surface area (Å²) in [5.74, 6) is -1.01. The Morgan fingerprint density at radius 3 is 2.82 bits per heavy atom. The second-order valence-electron chi connectivity index (χ2n) is 4.13. The molecule has 0 amide bonds. The average molecular weight is 300 g/mol. The second-order valence-corrected chi connectivity index (χ2v) is 5.04. The number of aliphatic carboxylic acids is 1. The third-order valence-corrected chi connectivity index (χ3v) is 3.19. The van der Waals surface area contributed by atoms with E-state index < -0.39 is 11.9 Å². The first-order valence-electron chi connectivity index (χ1n) is 5.50. The largest absolute Gasteiger partial charge is 0.490 e. The van der Waals surface area contributed by atoms with Crippen LogP contribution < -0.4 is 10.5 Å². The van der Waals surface area contributed by atoms with Gasteiger partial charge in [-0.25, -0.2) is 0 Å². The van der Waals surface area contributed by atoms with E-state index in [4.69, 9.17) is 15.6 Å². The van der Waals surface area contributed by atoms with Gasteiger partial charge in [-0.15, -0.1) is 0 Å². The topological polar surface area (TPSA) is 72.6 Å². The minimum atomic E-state index is -0.925. The van der Waals surface area contributed by atoms with Crippen molar-refractivity contribution in [2.75, 3.05) is 6.54 Å². The van der Waals surface area contributed by atoms with E-state index in [1.165, 1.54) is 0 Å². The van der Waals surface area contributed by atoms with E-state index in [0.29, 0.717) is 11.3 Å². The summed E-state index contributed by atoms with van der Waals surface area (Å²) in [7, 11) is 0. The van der Waals surface area contributed by atoms with Gasteiger partial charge in [0.15, 0.2) is 0 Å². The van der Waals surface area contributed by atoms with Gasteiger partial charge >= 0.3 is 5.97 Å². The molecule has 5 heteroatoms. The molecule has 1 aromatic rings. The summed E-state index contributed by atoms with van der Waals surface area (Å²) in [6.45, 7) is 0.0623. The number of halogens is 1. The van der Waals surface area contributed by atoms with Crippen molar-refractivity contribution in [3.05, 3.63) is 28.2 Å². The van der Waals surface area contributed by atoms with Gasteiger partial charge in [-0.2, -0.15) is 0 Å². The number of carbonyl (C=O) groups is 1. The van der Waals surface area contributed by atoms with Crippen molar-refractivity contribution < 1.29 is 14.6 Å². The standard InChI is InChI=1S/C12H14BrNO3/c13-7-1-4-11(17-8-2-3-8)9(5-7)10(6-14)12(15)16/h1,4-5,8,10H,2-3,6,14H2,(H,15,16). The van der Waals surface area contributed by atoms with Gasteiger partial charge in [0, 0.05) is 16.6 Å². The van der Waals surface area contributed by atoms with E-state index in [1.807, 2.05) is 6.07 Å². The molecule has 1 atom stereocenters. The van der Waals surface area contributed by atoms with Crippen LogP contribution in [0.1, 0.15) is 24.3 Å². The maximum Gasteiger partial charge on any atom is 0.312 e. The zero-order valence-electron chi connectivity index (χ0n) is 9.23. The van der Waals surface area contributed by atoms with E-state index in [2.05, 4.69) is 15.9 Å². The quantitative estimate of drug-likeness (QED) is 0.873. The minimum absolute atomic E-state index is 0.0623. The summed E-state index contributed by atoms with van der Waals surface area (Å²) in [5, 5.41) is 9.14. The average Bonchev–Trinajstić information content (AvgIpc) is 3.06. The molecular weight excluding hydrogens is 286 g/mol. The summed E-state index contributed by atoms with van der Waals surface area (Å²) in [6.07, 6.45) is 2.31. The molecule has 3 N–H and O–H groups in total. The molecule has 0 bridgehead atoms. The van der Waals surface area contributed by atoms with Gasteiger partial charge in [0.05, 0.1) is 12.0 Å². The third-order valence-electron chi connectivity index (χ3n) is 2.70. The number of hydrogen-bond donors (Lipinski definition) is 2. The maximum atomic E-state index is 11.1. The summed E-state index contributed by atoms with van der Waals surface area (Å²) >= 11 is 3.34. The fraction of sp³-hybridized carbons (Fsp3) is 0.417. The Balaban J connectivity index is 2.33. The van der Waals surface area contributed by atoms with Crippen molar-refractivity contribution in [1.29, 1.82) is 0 Å². The van der Waals surface area contributed by atoms with Gasteiger partial charge in [0.25, 0.3) is 0 Å². The highest BCUT2D eigenvalue weighted by Crippen LogP contribution is 2.34. The number of nitrogens with two attached hydrogens (primary N) is 1. The number of carboxylic acid groups (broad SMARTS) is 1. The van der Waals surface area contributed by atoms with Crippen LogP contribution in [0.3, 0.4) is 0 Å². The van der Waals surface area contributed by atoms with E-state index in [9.17, 15) is 4.79 Å². The van der Waals surface area contributed by atoms with Crippen molar-refractivity contribution in [3.8, 4) is 5.75 Å². The third kappa shape index (κ3) is 2.98. The van der Waals surface area contributed by atoms with Crippen LogP contribution in [0, 0.1) is 0 Å². The highest BCUT2D eigenvalue weighted by atomic mass is 79.9. The van der Waals surface area contributed by atoms with Crippen molar-refractivity contribution in [2.24, 2.45) is 5.73 Å². The monoisotopic (exact) mass is 299 g/mol. The van der Waals surface area contributed by atoms with E-state index in [0.717, 1.165) is 17.3 Å². The molecule has 0 aromatic heterocycles. The molecule has 0 radical (unpaired) electrons. The lowest BCUT2D eigenvalue weighted by atomic mass is 9.98. The van der Waals surface area contributed by atoms with Crippen molar-refractivity contribution in [3.63, 3.8) is 0 Å².